The minimum absolute atomic E-state index is 0.0734. The van der Waals surface area contributed by atoms with Crippen LogP contribution in [0.5, 0.6) is 0 Å². The maximum absolute atomic E-state index is 11.5. The fourth-order valence-corrected chi connectivity index (χ4v) is 1.97. The van der Waals surface area contributed by atoms with E-state index < -0.39 is 5.92 Å². The molecule has 1 fully saturated rings. The summed E-state index contributed by atoms with van der Waals surface area (Å²) in [6.45, 7) is 1.94. The van der Waals surface area contributed by atoms with Gasteiger partial charge in [-0.05, 0) is 18.1 Å². The van der Waals surface area contributed by atoms with Crippen LogP contribution in [0.3, 0.4) is 0 Å². The molecule has 0 bridgehead atoms. The summed E-state index contributed by atoms with van der Waals surface area (Å²) in [6, 6.07) is 7.61. The quantitative estimate of drug-likeness (QED) is 0.632. The van der Waals surface area contributed by atoms with Crippen LogP contribution < -0.4 is 0 Å². The lowest BCUT2D eigenvalue weighted by Crippen LogP contribution is -2.13. The molecule has 1 aromatic rings. The molecule has 0 unspecified atom stereocenters. The van der Waals surface area contributed by atoms with E-state index in [9.17, 15) is 9.59 Å². The van der Waals surface area contributed by atoms with E-state index in [0.717, 1.165) is 11.1 Å². The van der Waals surface area contributed by atoms with Gasteiger partial charge < -0.3 is 0 Å². The molecule has 1 aromatic carbocycles. The van der Waals surface area contributed by atoms with Crippen LogP contribution in [0, 0.1) is 6.92 Å². The highest BCUT2D eigenvalue weighted by molar-refractivity contribution is 6.13. The van der Waals surface area contributed by atoms with E-state index in [1.807, 2.05) is 31.2 Å². The van der Waals surface area contributed by atoms with Crippen molar-refractivity contribution in [2.45, 2.75) is 25.7 Å². The van der Waals surface area contributed by atoms with Crippen molar-refractivity contribution in [3.05, 3.63) is 35.4 Å². The van der Waals surface area contributed by atoms with Crippen molar-refractivity contribution in [2.75, 3.05) is 0 Å². The molecule has 2 nitrogen and oxygen atoms in total. The summed E-state index contributed by atoms with van der Waals surface area (Å²) in [5, 5.41) is 0. The number of rotatable bonds is 1. The molecular weight excluding hydrogens is 176 g/mol. The molecule has 1 saturated carbocycles. The summed E-state index contributed by atoms with van der Waals surface area (Å²) in [7, 11) is 0. The molecule has 72 valence electrons. The van der Waals surface area contributed by atoms with Gasteiger partial charge in [-0.2, -0.15) is 0 Å². The number of aryl methyl sites for hydroxylation is 1. The smallest absolute Gasteiger partial charge is 0.148 e. The highest BCUT2D eigenvalue weighted by Gasteiger charge is 2.34. The predicted molar refractivity (Wildman–Crippen MR) is 53.2 cm³/mol. The Labute approximate surface area is 82.9 Å². The molecular formula is C12H12O2. The zero-order chi connectivity index (χ0) is 10.1. The Morgan fingerprint density at radius 1 is 1.07 bits per heavy atom. The molecule has 0 spiro atoms. The molecule has 2 heteroatoms. The van der Waals surface area contributed by atoms with Crippen LogP contribution in [-0.2, 0) is 9.59 Å². The Kier molecular flexibility index (Phi) is 2.20. The van der Waals surface area contributed by atoms with Crippen LogP contribution in [-0.4, -0.2) is 11.6 Å². The highest BCUT2D eigenvalue weighted by atomic mass is 16.2. The van der Waals surface area contributed by atoms with Gasteiger partial charge in [-0.25, -0.2) is 0 Å². The monoisotopic (exact) mass is 188 g/mol. The van der Waals surface area contributed by atoms with Crippen molar-refractivity contribution in [3.63, 3.8) is 0 Å². The number of benzene rings is 1. The maximum Gasteiger partial charge on any atom is 0.148 e. The number of Topliss-reactive ketones (excluding diaryl/α,β-unsaturated/α-hetero) is 2. The first-order valence-electron chi connectivity index (χ1n) is 4.81. The first-order valence-corrected chi connectivity index (χ1v) is 4.81. The first kappa shape index (κ1) is 9.13. The van der Waals surface area contributed by atoms with Crippen molar-refractivity contribution in [3.8, 4) is 0 Å². The van der Waals surface area contributed by atoms with Gasteiger partial charge in [0.15, 0.2) is 0 Å². The molecule has 0 aliphatic heterocycles. The van der Waals surface area contributed by atoms with E-state index in [4.69, 9.17) is 0 Å². The lowest BCUT2D eigenvalue weighted by molar-refractivity contribution is -0.123. The lowest BCUT2D eigenvalue weighted by atomic mass is 9.92. The Hall–Kier alpha value is -1.44. The van der Waals surface area contributed by atoms with Gasteiger partial charge in [0.25, 0.3) is 0 Å². The van der Waals surface area contributed by atoms with Gasteiger partial charge >= 0.3 is 0 Å². The van der Waals surface area contributed by atoms with Crippen LogP contribution >= 0.6 is 0 Å². The van der Waals surface area contributed by atoms with Gasteiger partial charge in [0.05, 0.1) is 0 Å². The second-order valence-electron chi connectivity index (χ2n) is 3.72. The molecule has 0 aromatic heterocycles. The van der Waals surface area contributed by atoms with Gasteiger partial charge in [0.1, 0.15) is 17.5 Å². The number of carbonyl (C=O) groups is 2. The molecule has 0 amide bonds. The number of carbonyl (C=O) groups excluding carboxylic acids is 2. The van der Waals surface area contributed by atoms with E-state index in [-0.39, 0.29) is 11.6 Å². The minimum atomic E-state index is -0.476. The van der Waals surface area contributed by atoms with E-state index in [0.29, 0.717) is 12.8 Å². The normalized spacial score (nSPS) is 17.8. The average Bonchev–Trinajstić information content (AvgIpc) is 2.48. The van der Waals surface area contributed by atoms with Crippen molar-refractivity contribution in [1.29, 1.82) is 0 Å². The summed E-state index contributed by atoms with van der Waals surface area (Å²) in [4.78, 5) is 23.0. The molecule has 0 saturated heterocycles. The fraction of sp³-hybridized carbons (Fsp3) is 0.333. The van der Waals surface area contributed by atoms with Crippen LogP contribution in [0.4, 0.5) is 0 Å². The second kappa shape index (κ2) is 3.37. The Balaban J connectivity index is 2.44. The first-order chi connectivity index (χ1) is 6.70. The second-order valence-corrected chi connectivity index (χ2v) is 3.72. The molecule has 0 N–H and O–H groups in total. The highest BCUT2D eigenvalue weighted by Crippen LogP contribution is 2.29. The zero-order valence-electron chi connectivity index (χ0n) is 8.12. The number of ketones is 2. The molecule has 14 heavy (non-hydrogen) atoms. The van der Waals surface area contributed by atoms with Gasteiger partial charge in [-0.3, -0.25) is 9.59 Å². The van der Waals surface area contributed by atoms with E-state index in [1.165, 1.54) is 0 Å². The van der Waals surface area contributed by atoms with Gasteiger partial charge in [-0.15, -0.1) is 0 Å². The molecule has 1 aliphatic rings. The zero-order valence-corrected chi connectivity index (χ0v) is 8.12. The third-order valence-corrected chi connectivity index (χ3v) is 2.76. The summed E-state index contributed by atoms with van der Waals surface area (Å²) < 4.78 is 0. The van der Waals surface area contributed by atoms with Crippen molar-refractivity contribution < 1.29 is 9.59 Å². The maximum atomic E-state index is 11.5. The summed E-state index contributed by atoms with van der Waals surface area (Å²) in [5.74, 6) is -0.329. The van der Waals surface area contributed by atoms with E-state index in [1.54, 1.807) is 0 Å². The largest absolute Gasteiger partial charge is 0.299 e. The summed E-state index contributed by atoms with van der Waals surface area (Å²) >= 11 is 0. The van der Waals surface area contributed by atoms with Gasteiger partial charge in [0.2, 0.25) is 0 Å². The third kappa shape index (κ3) is 1.37. The van der Waals surface area contributed by atoms with E-state index >= 15 is 0 Å². The standard InChI is InChI=1S/C12H12O2/c1-8-4-2-3-5-9(8)12-10(13)6-7-11(12)14/h2-5,12H,6-7H2,1H3. The fourth-order valence-electron chi connectivity index (χ4n) is 1.97. The van der Waals surface area contributed by atoms with Crippen molar-refractivity contribution >= 4 is 11.6 Å². The molecule has 2 rings (SSSR count). The van der Waals surface area contributed by atoms with Gasteiger partial charge in [-0.1, -0.05) is 24.3 Å². The van der Waals surface area contributed by atoms with Crippen LogP contribution in [0.1, 0.15) is 29.9 Å². The average molecular weight is 188 g/mol. The molecule has 0 radical (unpaired) electrons. The SMILES string of the molecule is Cc1ccccc1C1C(=O)CCC1=O. The van der Waals surface area contributed by atoms with Crippen LogP contribution in [0.25, 0.3) is 0 Å². The molecule has 0 heterocycles. The van der Waals surface area contributed by atoms with E-state index in [2.05, 4.69) is 0 Å². The topological polar surface area (TPSA) is 34.1 Å². The van der Waals surface area contributed by atoms with Crippen LogP contribution in [0.15, 0.2) is 24.3 Å². The van der Waals surface area contributed by atoms with Crippen LogP contribution in [0.2, 0.25) is 0 Å². The minimum Gasteiger partial charge on any atom is -0.299 e. The summed E-state index contributed by atoms with van der Waals surface area (Å²) in [6.07, 6.45) is 0.829. The lowest BCUT2D eigenvalue weighted by Gasteiger charge is -2.09. The third-order valence-electron chi connectivity index (χ3n) is 2.76. The molecule has 1 aliphatic carbocycles. The molecule has 0 atom stereocenters. The Morgan fingerprint density at radius 2 is 1.64 bits per heavy atom. The summed E-state index contributed by atoms with van der Waals surface area (Å²) in [5.41, 5.74) is 1.92. The Morgan fingerprint density at radius 3 is 2.21 bits per heavy atom. The van der Waals surface area contributed by atoms with Gasteiger partial charge in [0, 0.05) is 12.8 Å². The number of hydrogen-bond acceptors (Lipinski definition) is 2. The predicted octanol–water partition coefficient (Wildman–Crippen LogP) is 2.01. The Bertz CT molecular complexity index is 377. The number of hydrogen-bond donors (Lipinski definition) is 0. The van der Waals surface area contributed by atoms with Crippen molar-refractivity contribution in [2.24, 2.45) is 0 Å². The van der Waals surface area contributed by atoms with Crippen molar-refractivity contribution in [1.82, 2.24) is 0 Å².